The van der Waals surface area contributed by atoms with Crippen LogP contribution in [-0.2, 0) is 16.0 Å². The molecule has 5 nitrogen and oxygen atoms in total. The molecule has 4 unspecified atom stereocenters. The zero-order valence-corrected chi connectivity index (χ0v) is 27.0. The third kappa shape index (κ3) is 14.2. The van der Waals surface area contributed by atoms with Gasteiger partial charge >= 0.3 is 0 Å². The van der Waals surface area contributed by atoms with Crippen molar-refractivity contribution in [1.82, 2.24) is 5.32 Å². The Morgan fingerprint density at radius 3 is 2.36 bits per heavy atom. The molecule has 1 aliphatic carbocycles. The Hall–Kier alpha value is -2.40. The molecule has 2 fully saturated rings. The molecule has 1 aromatic carbocycles. The lowest BCUT2D eigenvalue weighted by molar-refractivity contribution is -0.120. The van der Waals surface area contributed by atoms with E-state index in [1.165, 1.54) is 81.3 Å². The van der Waals surface area contributed by atoms with E-state index in [4.69, 9.17) is 4.99 Å². The highest BCUT2D eigenvalue weighted by Crippen LogP contribution is 2.39. The molecule has 0 aromatic heterocycles. The molecule has 1 saturated heterocycles. The number of Topliss-reactive ketones (excluding diaryl/α,β-unsaturated/α-hetero) is 2. The maximum Gasteiger partial charge on any atom is 0.133 e. The summed E-state index contributed by atoms with van der Waals surface area (Å²) < 4.78 is 0. The van der Waals surface area contributed by atoms with Gasteiger partial charge in [0.05, 0.1) is 0 Å². The Bertz CT molecular complexity index is 1040. The molecule has 3 aliphatic rings. The second kappa shape index (κ2) is 20.5. The van der Waals surface area contributed by atoms with E-state index in [9.17, 15) is 9.59 Å². The summed E-state index contributed by atoms with van der Waals surface area (Å²) in [5.74, 6) is 2.52. The first-order chi connectivity index (χ1) is 19.6. The van der Waals surface area contributed by atoms with Crippen LogP contribution in [0.15, 0.2) is 45.5 Å². The van der Waals surface area contributed by atoms with Gasteiger partial charge in [-0.05, 0) is 114 Å². The van der Waals surface area contributed by atoms with Crippen LogP contribution < -0.4 is 5.32 Å². The highest BCUT2D eigenvalue weighted by molar-refractivity contribution is 5.82. The summed E-state index contributed by atoms with van der Waals surface area (Å²) in [6.45, 7) is 13.2. The van der Waals surface area contributed by atoms with Crippen LogP contribution in [0.1, 0.15) is 120 Å². The molecule has 2 heterocycles. The summed E-state index contributed by atoms with van der Waals surface area (Å²) in [6.07, 6.45) is 16.4. The second-order valence-corrected chi connectivity index (χ2v) is 12.8. The Balaban J connectivity index is 0. The van der Waals surface area contributed by atoms with Crippen molar-refractivity contribution in [3.8, 4) is 0 Å². The molecule has 1 N–H and O–H groups in total. The third-order valence-electron chi connectivity index (χ3n) is 8.47. The van der Waals surface area contributed by atoms with Crippen molar-refractivity contribution in [2.45, 2.75) is 126 Å². The predicted octanol–water partition coefficient (Wildman–Crippen LogP) is 9.27. The lowest BCUT2D eigenvalue weighted by Crippen LogP contribution is -2.30. The molecule has 42 heavy (non-hydrogen) atoms. The van der Waals surface area contributed by atoms with Gasteiger partial charge in [0.1, 0.15) is 11.6 Å². The lowest BCUT2D eigenvalue weighted by atomic mass is 9.76. The minimum Gasteiger partial charge on any atom is -0.314 e. The van der Waals surface area contributed by atoms with Gasteiger partial charge in [-0.3, -0.25) is 14.8 Å². The van der Waals surface area contributed by atoms with Gasteiger partial charge in [0.2, 0.25) is 0 Å². The molecule has 5 heteroatoms. The van der Waals surface area contributed by atoms with E-state index >= 15 is 0 Å². The van der Waals surface area contributed by atoms with Gasteiger partial charge in [-0.2, -0.15) is 0 Å². The van der Waals surface area contributed by atoms with Crippen LogP contribution in [0.2, 0.25) is 0 Å². The number of hydrogen-bond acceptors (Lipinski definition) is 5. The molecule has 5 atom stereocenters. The maximum absolute atomic E-state index is 12.7. The second-order valence-electron chi connectivity index (χ2n) is 12.8. The smallest absolute Gasteiger partial charge is 0.133 e. The molecule has 0 radical (unpaired) electrons. The fraction of sp³-hybridized carbons (Fsp3) is 0.676. The van der Waals surface area contributed by atoms with Crippen LogP contribution >= 0.6 is 0 Å². The summed E-state index contributed by atoms with van der Waals surface area (Å²) in [6, 6.07) is 9.19. The highest BCUT2D eigenvalue weighted by atomic mass is 16.1. The highest BCUT2D eigenvalue weighted by Gasteiger charge is 2.30. The van der Waals surface area contributed by atoms with Gasteiger partial charge < -0.3 is 10.1 Å². The summed E-state index contributed by atoms with van der Waals surface area (Å²) in [7, 11) is 1.85. The number of hydrogen-bond donors (Lipinski definition) is 1. The minimum atomic E-state index is 0. The van der Waals surface area contributed by atoms with E-state index < -0.39 is 0 Å². The Morgan fingerprint density at radius 2 is 1.76 bits per heavy atom. The number of benzene rings is 1. The van der Waals surface area contributed by atoms with Gasteiger partial charge in [0, 0.05) is 52.8 Å². The fourth-order valence-electron chi connectivity index (χ4n) is 6.29. The predicted molar refractivity (Wildman–Crippen MR) is 186 cm³/mol. The summed E-state index contributed by atoms with van der Waals surface area (Å²) >= 11 is 0. The Labute approximate surface area is 261 Å². The zero-order valence-electron chi connectivity index (χ0n) is 27.0. The number of carbonyl (C=O) groups excluding carboxylic acids is 2. The SMILES string of the molecule is C.CC(C)=O.CC1CCCCN1.CN=CC1=C(C2CCC[C@@H](CC(=O)CCc3ccccc3C)C2)N=CC(C)CC1C.[HH].[HH]. The monoisotopic (exact) mass is 584 g/mol. The minimum absolute atomic E-state index is 0. The van der Waals surface area contributed by atoms with Gasteiger partial charge in [-0.15, -0.1) is 0 Å². The van der Waals surface area contributed by atoms with Crippen molar-refractivity contribution in [2.75, 3.05) is 13.6 Å². The maximum atomic E-state index is 12.7. The van der Waals surface area contributed by atoms with Crippen LogP contribution in [0.25, 0.3) is 0 Å². The number of piperidine rings is 1. The van der Waals surface area contributed by atoms with Crippen molar-refractivity contribution >= 4 is 24.0 Å². The van der Waals surface area contributed by atoms with E-state index in [1.54, 1.807) is 0 Å². The average molecular weight is 584 g/mol. The third-order valence-corrected chi connectivity index (χ3v) is 8.47. The van der Waals surface area contributed by atoms with Gasteiger partial charge in [0.15, 0.2) is 0 Å². The molecule has 1 saturated carbocycles. The first-order valence-corrected chi connectivity index (χ1v) is 16.1. The Morgan fingerprint density at radius 1 is 1.05 bits per heavy atom. The molecular formula is C37H65N3O2. The topological polar surface area (TPSA) is 70.9 Å². The number of carbonyl (C=O) groups is 2. The molecule has 0 amide bonds. The number of ketones is 2. The van der Waals surface area contributed by atoms with E-state index in [0.717, 1.165) is 31.7 Å². The normalized spacial score (nSPS) is 25.7. The lowest BCUT2D eigenvalue weighted by Gasteiger charge is -2.30. The van der Waals surface area contributed by atoms with E-state index in [0.29, 0.717) is 35.9 Å². The number of nitrogens with zero attached hydrogens (tertiary/aromatic N) is 2. The van der Waals surface area contributed by atoms with Crippen LogP contribution in [-0.4, -0.2) is 43.6 Å². The van der Waals surface area contributed by atoms with Crippen molar-refractivity contribution in [1.29, 1.82) is 0 Å². The molecule has 1 aromatic rings. The van der Waals surface area contributed by atoms with E-state index in [2.05, 4.69) is 68.5 Å². The number of allylic oxidation sites excluding steroid dienone is 2. The number of nitrogens with one attached hydrogen (secondary N) is 1. The fourth-order valence-corrected chi connectivity index (χ4v) is 6.29. The van der Waals surface area contributed by atoms with Crippen molar-refractivity contribution in [2.24, 2.45) is 33.7 Å². The Kier molecular flexibility index (Phi) is 18.4. The molecule has 0 bridgehead atoms. The van der Waals surface area contributed by atoms with Crippen LogP contribution in [0.3, 0.4) is 0 Å². The van der Waals surface area contributed by atoms with Gasteiger partial charge in [-0.25, -0.2) is 0 Å². The van der Waals surface area contributed by atoms with Crippen molar-refractivity contribution in [3.63, 3.8) is 0 Å². The number of aliphatic imine (C=N–C) groups is 2. The van der Waals surface area contributed by atoms with Crippen molar-refractivity contribution < 1.29 is 12.4 Å². The van der Waals surface area contributed by atoms with Gasteiger partial charge in [-0.1, -0.05) is 58.4 Å². The zero-order chi connectivity index (χ0) is 30.2. The van der Waals surface area contributed by atoms with Crippen LogP contribution in [0.5, 0.6) is 0 Å². The van der Waals surface area contributed by atoms with Crippen LogP contribution in [0.4, 0.5) is 0 Å². The molecule has 240 valence electrons. The number of aryl methyl sites for hydroxylation is 2. The molecule has 4 rings (SSSR count). The van der Waals surface area contributed by atoms with Crippen LogP contribution in [0, 0.1) is 30.6 Å². The summed E-state index contributed by atoms with van der Waals surface area (Å²) in [5.41, 5.74) is 5.15. The number of rotatable bonds is 7. The molecule has 2 aliphatic heterocycles. The largest absolute Gasteiger partial charge is 0.314 e. The summed E-state index contributed by atoms with van der Waals surface area (Å²) in [5, 5.41) is 3.38. The standard InChI is InChI=1S/C27H38N2O.C6H13N.C3H6O.CH4.2H2/c1-19-14-21(3)26(18-28-4)27(29-17-19)24-11-7-9-22(15-24)16-25(30)13-12-23-10-6-5-8-20(23)2;1-6-4-2-3-5-7-6;1-3(2)4;;;/h5-6,8,10,17-19,21-22,24H,7,9,11-16H2,1-4H3;6-7H,2-5H2,1H3;1-2H3;1H4;2*1H/t19?,21?,22-,24?;;;;;/m1...../s1. The molecule has 0 spiro atoms. The molecular weight excluding hydrogens is 518 g/mol. The average Bonchev–Trinajstić information content (AvgIpc) is 3.06. The van der Waals surface area contributed by atoms with Gasteiger partial charge in [0.25, 0.3) is 0 Å². The quantitative estimate of drug-likeness (QED) is 0.325. The van der Waals surface area contributed by atoms with E-state index in [1.807, 2.05) is 13.3 Å². The van der Waals surface area contributed by atoms with Crippen molar-refractivity contribution in [3.05, 3.63) is 46.7 Å². The first kappa shape index (κ1) is 37.6. The van der Waals surface area contributed by atoms with E-state index in [-0.39, 0.29) is 16.1 Å². The summed E-state index contributed by atoms with van der Waals surface area (Å²) in [4.78, 5) is 31.5. The first-order valence-electron chi connectivity index (χ1n) is 16.1.